The molecule has 0 heterocycles. The molecular weight excluding hydrogens is 326 g/mol. The maximum Gasteiger partial charge on any atom is 0.256 e. The molecule has 2 saturated carbocycles. The fourth-order valence-electron chi connectivity index (χ4n) is 4.09. The van der Waals surface area contributed by atoms with Crippen LogP contribution in [-0.2, 0) is 9.53 Å². The molecule has 26 heavy (non-hydrogen) atoms. The second-order valence-electron chi connectivity index (χ2n) is 7.76. The number of ether oxygens (including phenoxy) is 2. The van der Waals surface area contributed by atoms with E-state index in [1.54, 1.807) is 0 Å². The van der Waals surface area contributed by atoms with E-state index in [4.69, 9.17) is 9.47 Å². The van der Waals surface area contributed by atoms with E-state index in [-0.39, 0.29) is 5.91 Å². The summed E-state index contributed by atoms with van der Waals surface area (Å²) in [5.41, 5.74) is 0.156. The molecule has 4 nitrogen and oxygen atoms in total. The first kappa shape index (κ1) is 19.2. The largest absolute Gasteiger partial charge is 0.490 e. The van der Waals surface area contributed by atoms with Gasteiger partial charge in [0.1, 0.15) is 11.4 Å². The predicted octanol–water partition coefficient (Wildman–Crippen LogP) is 5.47. The van der Waals surface area contributed by atoms with Gasteiger partial charge in [0.2, 0.25) is 0 Å². The summed E-state index contributed by atoms with van der Waals surface area (Å²) < 4.78 is 12.1. The van der Waals surface area contributed by atoms with Gasteiger partial charge < -0.3 is 14.8 Å². The second kappa shape index (κ2) is 9.40. The van der Waals surface area contributed by atoms with Crippen molar-refractivity contribution in [2.45, 2.75) is 89.3 Å². The minimum absolute atomic E-state index is 0.0114. The quantitative estimate of drug-likeness (QED) is 0.657. The Balaban J connectivity index is 1.62. The Kier molecular flexibility index (Phi) is 6.95. The number of benzene rings is 1. The standard InChI is InChI=1S/C22H33NO3/c1-2-17-25-22(15-7-3-4-8-16-22)21(24)23-18-11-13-20(14-12-18)26-19-9-5-6-10-19/h11-14,19H,2-10,15-17H2,1H3,(H,23,24). The monoisotopic (exact) mass is 359 g/mol. The van der Waals surface area contributed by atoms with Crippen LogP contribution in [0.4, 0.5) is 5.69 Å². The van der Waals surface area contributed by atoms with E-state index in [9.17, 15) is 4.79 Å². The van der Waals surface area contributed by atoms with Crippen molar-refractivity contribution in [1.82, 2.24) is 0 Å². The van der Waals surface area contributed by atoms with Crippen LogP contribution < -0.4 is 10.1 Å². The Bertz CT molecular complexity index is 555. The number of nitrogens with one attached hydrogen (secondary N) is 1. The number of carbonyl (C=O) groups is 1. The van der Waals surface area contributed by atoms with Crippen molar-refractivity contribution in [2.24, 2.45) is 0 Å². The molecule has 4 heteroatoms. The molecule has 2 aliphatic rings. The second-order valence-corrected chi connectivity index (χ2v) is 7.76. The topological polar surface area (TPSA) is 47.6 Å². The zero-order valence-electron chi connectivity index (χ0n) is 16.1. The normalized spacial score (nSPS) is 20.5. The molecule has 0 aliphatic heterocycles. The van der Waals surface area contributed by atoms with Crippen molar-refractivity contribution < 1.29 is 14.3 Å². The molecule has 1 amide bonds. The summed E-state index contributed by atoms with van der Waals surface area (Å²) in [6, 6.07) is 7.79. The summed E-state index contributed by atoms with van der Waals surface area (Å²) in [6.45, 7) is 2.73. The minimum Gasteiger partial charge on any atom is -0.490 e. The number of rotatable bonds is 7. The summed E-state index contributed by atoms with van der Waals surface area (Å²) in [7, 11) is 0. The average Bonchev–Trinajstić information content (AvgIpc) is 3.04. The molecule has 2 aliphatic carbocycles. The molecule has 0 radical (unpaired) electrons. The zero-order valence-corrected chi connectivity index (χ0v) is 16.1. The summed E-state index contributed by atoms with van der Waals surface area (Å²) in [6.07, 6.45) is 12.3. The molecule has 1 aromatic rings. The third-order valence-corrected chi connectivity index (χ3v) is 5.62. The van der Waals surface area contributed by atoms with Crippen molar-refractivity contribution in [1.29, 1.82) is 0 Å². The molecule has 3 rings (SSSR count). The highest BCUT2D eigenvalue weighted by Gasteiger charge is 2.39. The van der Waals surface area contributed by atoms with Gasteiger partial charge in [0.25, 0.3) is 5.91 Å². The number of hydrogen-bond acceptors (Lipinski definition) is 3. The van der Waals surface area contributed by atoms with Crippen molar-refractivity contribution in [3.8, 4) is 5.75 Å². The maximum atomic E-state index is 13.0. The predicted molar refractivity (Wildman–Crippen MR) is 105 cm³/mol. The molecule has 0 atom stereocenters. The molecule has 1 N–H and O–H groups in total. The van der Waals surface area contributed by atoms with Gasteiger partial charge in [0.15, 0.2) is 0 Å². The SMILES string of the molecule is CCCOC1(C(=O)Nc2ccc(OC3CCCC3)cc2)CCCCCC1. The molecule has 1 aromatic carbocycles. The van der Waals surface area contributed by atoms with Crippen LogP contribution in [0.1, 0.15) is 77.6 Å². The van der Waals surface area contributed by atoms with Crippen molar-refractivity contribution in [2.75, 3.05) is 11.9 Å². The van der Waals surface area contributed by atoms with Crippen LogP contribution in [0.5, 0.6) is 5.75 Å². The van der Waals surface area contributed by atoms with Crippen molar-refractivity contribution in [3.05, 3.63) is 24.3 Å². The van der Waals surface area contributed by atoms with Crippen LogP contribution in [0.3, 0.4) is 0 Å². The van der Waals surface area contributed by atoms with E-state index in [2.05, 4.69) is 12.2 Å². The van der Waals surface area contributed by atoms with Gasteiger partial charge in [-0.05, 0) is 69.2 Å². The van der Waals surface area contributed by atoms with Gasteiger partial charge in [0.05, 0.1) is 6.10 Å². The van der Waals surface area contributed by atoms with Gasteiger partial charge >= 0.3 is 0 Å². The average molecular weight is 360 g/mol. The van der Waals surface area contributed by atoms with Crippen LogP contribution >= 0.6 is 0 Å². The van der Waals surface area contributed by atoms with E-state index in [1.807, 2.05) is 24.3 Å². The van der Waals surface area contributed by atoms with Gasteiger partial charge in [-0.15, -0.1) is 0 Å². The number of amides is 1. The Labute approximate surface area is 157 Å². The molecule has 2 fully saturated rings. The Morgan fingerprint density at radius 2 is 1.69 bits per heavy atom. The van der Waals surface area contributed by atoms with Crippen LogP contribution in [-0.4, -0.2) is 24.2 Å². The molecule has 0 bridgehead atoms. The highest BCUT2D eigenvalue weighted by Crippen LogP contribution is 2.32. The third-order valence-electron chi connectivity index (χ3n) is 5.62. The van der Waals surface area contributed by atoms with E-state index < -0.39 is 5.60 Å². The Hall–Kier alpha value is -1.55. The highest BCUT2D eigenvalue weighted by atomic mass is 16.5. The molecule has 0 saturated heterocycles. The summed E-state index contributed by atoms with van der Waals surface area (Å²) in [5.74, 6) is 0.902. The minimum atomic E-state index is -0.661. The summed E-state index contributed by atoms with van der Waals surface area (Å²) in [4.78, 5) is 13.0. The van der Waals surface area contributed by atoms with Crippen LogP contribution in [0, 0.1) is 0 Å². The molecule has 0 spiro atoms. The van der Waals surface area contributed by atoms with Crippen molar-refractivity contribution >= 4 is 11.6 Å². The number of hydrogen-bond donors (Lipinski definition) is 1. The first-order valence-corrected chi connectivity index (χ1v) is 10.4. The lowest BCUT2D eigenvalue weighted by Crippen LogP contribution is -2.45. The fourth-order valence-corrected chi connectivity index (χ4v) is 4.09. The van der Waals surface area contributed by atoms with E-state index >= 15 is 0 Å². The van der Waals surface area contributed by atoms with Gasteiger partial charge in [-0.1, -0.05) is 32.6 Å². The lowest BCUT2D eigenvalue weighted by molar-refractivity contribution is -0.143. The van der Waals surface area contributed by atoms with E-state index in [1.165, 1.54) is 25.7 Å². The van der Waals surface area contributed by atoms with Gasteiger partial charge in [-0.3, -0.25) is 4.79 Å². The first-order chi connectivity index (χ1) is 12.7. The van der Waals surface area contributed by atoms with Gasteiger partial charge in [-0.2, -0.15) is 0 Å². The van der Waals surface area contributed by atoms with Gasteiger partial charge in [-0.25, -0.2) is 0 Å². The van der Waals surface area contributed by atoms with Crippen LogP contribution in [0.2, 0.25) is 0 Å². The summed E-state index contributed by atoms with van der Waals surface area (Å²) >= 11 is 0. The zero-order chi connectivity index (χ0) is 18.2. The highest BCUT2D eigenvalue weighted by molar-refractivity contribution is 5.97. The van der Waals surface area contributed by atoms with Crippen LogP contribution in [0.15, 0.2) is 24.3 Å². The third kappa shape index (κ3) is 5.00. The summed E-state index contributed by atoms with van der Waals surface area (Å²) in [5, 5.41) is 3.09. The van der Waals surface area contributed by atoms with Gasteiger partial charge in [0, 0.05) is 12.3 Å². The molecule has 0 unspecified atom stereocenters. The molecule has 144 valence electrons. The lowest BCUT2D eigenvalue weighted by Gasteiger charge is -2.31. The van der Waals surface area contributed by atoms with Crippen LogP contribution in [0.25, 0.3) is 0 Å². The number of anilines is 1. The maximum absolute atomic E-state index is 13.0. The fraction of sp³-hybridized carbons (Fsp3) is 0.682. The lowest BCUT2D eigenvalue weighted by atomic mass is 9.92. The van der Waals surface area contributed by atoms with E-state index in [0.717, 1.165) is 56.4 Å². The smallest absolute Gasteiger partial charge is 0.256 e. The Morgan fingerprint density at radius 3 is 2.31 bits per heavy atom. The number of carbonyl (C=O) groups excluding carboxylic acids is 1. The molecule has 0 aromatic heterocycles. The molecular formula is C22H33NO3. The van der Waals surface area contributed by atoms with Crippen molar-refractivity contribution in [3.63, 3.8) is 0 Å². The first-order valence-electron chi connectivity index (χ1n) is 10.4. The Morgan fingerprint density at radius 1 is 1.04 bits per heavy atom. The van der Waals surface area contributed by atoms with E-state index in [0.29, 0.717) is 12.7 Å².